The number of benzene rings is 6. The zero-order chi connectivity index (χ0) is 39.2. The fourth-order valence-corrected chi connectivity index (χ4v) is 9.31. The molecule has 0 radical (unpaired) electrons. The summed E-state index contributed by atoms with van der Waals surface area (Å²) < 4.78 is 126. The molecule has 2 amide bonds. The first kappa shape index (κ1) is 45.7. The van der Waals surface area contributed by atoms with Crippen LogP contribution in [0.25, 0.3) is 21.5 Å². The molecule has 15 nitrogen and oxygen atoms in total. The first-order valence-electron chi connectivity index (χ1n) is 14.9. The number of carbonyl (C=O) groups is 1. The summed E-state index contributed by atoms with van der Waals surface area (Å²) in [7, 11) is -18.5. The fraction of sp³-hybridized carbons (Fsp3) is 0. The molecule has 280 valence electrons. The molecule has 6 aromatic carbocycles. The van der Waals surface area contributed by atoms with Gasteiger partial charge < -0.3 is 19.7 Å². The van der Waals surface area contributed by atoms with Gasteiger partial charge in [-0.3, -0.25) is 9.44 Å². The van der Waals surface area contributed by atoms with Crippen LogP contribution in [0, 0.1) is 0 Å². The van der Waals surface area contributed by atoms with Crippen molar-refractivity contribution in [1.29, 1.82) is 0 Å². The van der Waals surface area contributed by atoms with Crippen LogP contribution >= 0.6 is 23.2 Å². The summed E-state index contributed by atoms with van der Waals surface area (Å²) in [4.78, 5) is 11.0. The second kappa shape index (κ2) is 17.5. The number of nitrogens with one attached hydrogen (secondary N) is 4. The third-order valence-electron chi connectivity index (χ3n) is 7.67. The summed E-state index contributed by atoms with van der Waals surface area (Å²) in [6, 6.07) is 23.2. The maximum atomic E-state index is 13.1. The summed E-state index contributed by atoms with van der Waals surface area (Å²) in [6.45, 7) is 0. The fourth-order valence-electron chi connectivity index (χ4n) is 5.18. The van der Waals surface area contributed by atoms with E-state index in [1.807, 2.05) is 0 Å². The van der Waals surface area contributed by atoms with E-state index in [2.05, 4.69) is 20.1 Å². The molecule has 23 heteroatoms. The SMILES string of the molecule is O=C(Nc1ccc2ccc(S(=O)(=O)Nc3ccc(Cl)c(S(=O)(=O)[O-])c3)cc2c1)Nc1ccc2ccc(S(=O)(=O)Nc3ccc(Cl)c(S(=O)(=O)[O-])c3)cc2c1.[Na+].[Na+]. The van der Waals surface area contributed by atoms with Crippen LogP contribution in [-0.2, 0) is 40.3 Å². The van der Waals surface area contributed by atoms with E-state index in [0.29, 0.717) is 21.5 Å². The van der Waals surface area contributed by atoms with E-state index in [1.54, 1.807) is 24.3 Å². The van der Waals surface area contributed by atoms with Gasteiger partial charge in [-0.25, -0.2) is 38.5 Å². The molecule has 6 rings (SSSR count). The van der Waals surface area contributed by atoms with E-state index < -0.39 is 56.1 Å². The Hall–Kier alpha value is -2.99. The Balaban J connectivity index is 0.00000348. The summed E-state index contributed by atoms with van der Waals surface area (Å²) in [6.07, 6.45) is 0. The molecule has 0 saturated heterocycles. The third-order valence-corrected chi connectivity index (χ3v) is 13.1. The molecule has 0 unspecified atom stereocenters. The topological polar surface area (TPSA) is 248 Å². The van der Waals surface area contributed by atoms with Gasteiger partial charge in [-0.15, -0.1) is 0 Å². The van der Waals surface area contributed by atoms with Crippen molar-refractivity contribution in [2.45, 2.75) is 19.6 Å². The predicted octanol–water partition coefficient (Wildman–Crippen LogP) is 0.362. The molecule has 0 aliphatic heterocycles. The molecule has 0 fully saturated rings. The van der Waals surface area contributed by atoms with Crippen molar-refractivity contribution in [3.05, 3.63) is 119 Å². The molecule has 0 aliphatic rings. The molecule has 4 N–H and O–H groups in total. The van der Waals surface area contributed by atoms with E-state index in [-0.39, 0.29) is 102 Å². The van der Waals surface area contributed by atoms with Crippen LogP contribution < -0.4 is 79.2 Å². The standard InChI is InChI=1S/C33H24Cl2N4O11S4.2Na/c34-29-11-7-25(17-31(29)53(45,46)47)38-51(41,42)27-9-3-19-1-5-23(13-21(19)15-27)36-33(40)37-24-6-2-20-4-10-28(16-22(20)14-24)52(43,44)39-26-8-12-30(35)32(18-26)54(48,49)50;;/h1-18,38-39H,(H2,36,37,40)(H,45,46,47)(H,48,49,50);;/q;2*+1/p-2. The minimum Gasteiger partial charge on any atom is -0.744 e. The van der Waals surface area contributed by atoms with Crippen molar-refractivity contribution in [2.24, 2.45) is 0 Å². The molecular weight excluding hydrogens is 874 g/mol. The number of rotatable bonds is 10. The van der Waals surface area contributed by atoms with Crippen molar-refractivity contribution in [3.8, 4) is 0 Å². The van der Waals surface area contributed by atoms with E-state index in [1.165, 1.54) is 60.7 Å². The Morgan fingerprint density at radius 3 is 1.14 bits per heavy atom. The molecule has 0 heterocycles. The van der Waals surface area contributed by atoms with Crippen LogP contribution in [0.5, 0.6) is 0 Å². The number of anilines is 4. The number of carbonyl (C=O) groups excluding carboxylic acids is 1. The molecule has 6 aromatic rings. The van der Waals surface area contributed by atoms with Crippen molar-refractivity contribution < 1.29 is 107 Å². The number of hydrogen-bond donors (Lipinski definition) is 4. The summed E-state index contributed by atoms with van der Waals surface area (Å²) in [5, 5.41) is 6.60. The van der Waals surface area contributed by atoms with Gasteiger partial charge in [0, 0.05) is 11.4 Å². The average molecular weight is 896 g/mol. The van der Waals surface area contributed by atoms with Gasteiger partial charge in [0.2, 0.25) is 0 Å². The number of sulfonamides is 2. The zero-order valence-electron chi connectivity index (χ0n) is 28.8. The van der Waals surface area contributed by atoms with Gasteiger partial charge in [0.1, 0.15) is 20.2 Å². The van der Waals surface area contributed by atoms with Gasteiger partial charge in [-0.1, -0.05) is 47.5 Å². The van der Waals surface area contributed by atoms with Gasteiger partial charge in [-0.05, 0) is 106 Å². The van der Waals surface area contributed by atoms with E-state index in [9.17, 15) is 47.6 Å². The average Bonchev–Trinajstić information content (AvgIpc) is 3.08. The van der Waals surface area contributed by atoms with Crippen molar-refractivity contribution in [1.82, 2.24) is 0 Å². The van der Waals surface area contributed by atoms with Gasteiger partial charge in [0.05, 0.1) is 41.0 Å². The van der Waals surface area contributed by atoms with E-state index in [0.717, 1.165) is 24.3 Å². The van der Waals surface area contributed by atoms with Crippen LogP contribution in [0.3, 0.4) is 0 Å². The smallest absolute Gasteiger partial charge is 0.744 e. The van der Waals surface area contributed by atoms with Crippen molar-refractivity contribution in [2.75, 3.05) is 20.1 Å². The molecule has 56 heavy (non-hydrogen) atoms. The van der Waals surface area contributed by atoms with Crippen molar-refractivity contribution >= 4 is 114 Å². The van der Waals surface area contributed by atoms with Gasteiger partial charge in [-0.2, -0.15) is 0 Å². The number of urea groups is 1. The molecule has 0 aromatic heterocycles. The normalized spacial score (nSPS) is 11.9. The monoisotopic (exact) mass is 894 g/mol. The van der Waals surface area contributed by atoms with E-state index >= 15 is 0 Å². The Labute approximate surface area is 375 Å². The van der Waals surface area contributed by atoms with Gasteiger partial charge >= 0.3 is 65.1 Å². The maximum Gasteiger partial charge on any atom is 1.00 e. The molecule has 0 spiro atoms. The quantitative estimate of drug-likeness (QED) is 0.108. The second-order valence-corrected chi connectivity index (χ2v) is 18.3. The minimum atomic E-state index is -4.98. The predicted molar refractivity (Wildman–Crippen MR) is 201 cm³/mol. The van der Waals surface area contributed by atoms with E-state index in [4.69, 9.17) is 23.2 Å². The second-order valence-electron chi connectivity index (χ2n) is 11.4. The number of halogens is 2. The summed E-state index contributed by atoms with van der Waals surface area (Å²) in [5.74, 6) is 0. The molecule has 0 aliphatic carbocycles. The number of hydrogen-bond acceptors (Lipinski definition) is 11. The largest absolute Gasteiger partial charge is 1.00 e. The third kappa shape index (κ3) is 10.7. The Morgan fingerprint density at radius 2 is 0.786 bits per heavy atom. The minimum absolute atomic E-state index is 0. The Kier molecular flexibility index (Phi) is 14.3. The zero-order valence-corrected chi connectivity index (χ0v) is 37.5. The van der Waals surface area contributed by atoms with Crippen LogP contribution in [0.1, 0.15) is 0 Å². The Morgan fingerprint density at radius 1 is 0.446 bits per heavy atom. The van der Waals surface area contributed by atoms with Crippen LogP contribution in [0.2, 0.25) is 10.0 Å². The number of fused-ring (bicyclic) bond motifs is 2. The molecule has 0 saturated carbocycles. The summed E-state index contributed by atoms with van der Waals surface area (Å²) >= 11 is 11.6. The first-order chi connectivity index (χ1) is 25.2. The van der Waals surface area contributed by atoms with Crippen LogP contribution in [0.4, 0.5) is 27.5 Å². The Bertz CT molecular complexity index is 2790. The van der Waals surface area contributed by atoms with Gasteiger partial charge in [0.25, 0.3) is 20.0 Å². The first-order valence-corrected chi connectivity index (χ1v) is 21.4. The molecule has 0 atom stereocenters. The number of amides is 2. The summed E-state index contributed by atoms with van der Waals surface area (Å²) in [5.41, 5.74) is 0.135. The maximum absolute atomic E-state index is 13.1. The van der Waals surface area contributed by atoms with Crippen molar-refractivity contribution in [3.63, 3.8) is 0 Å². The molecule has 0 bridgehead atoms. The van der Waals surface area contributed by atoms with Crippen LogP contribution in [-0.4, -0.2) is 48.8 Å². The molecular formula is C33H22Cl2N4Na2O11S4. The van der Waals surface area contributed by atoms with Crippen LogP contribution in [0.15, 0.2) is 129 Å². The van der Waals surface area contributed by atoms with Gasteiger partial charge in [0.15, 0.2) is 0 Å².